The van der Waals surface area contributed by atoms with Gasteiger partial charge in [0.25, 0.3) is 0 Å². The molecule has 1 aliphatic carbocycles. The van der Waals surface area contributed by atoms with Crippen molar-refractivity contribution < 1.29 is 32.5 Å². The Kier molecular flexibility index (Phi) is 5.30. The molecule has 0 bridgehead atoms. The van der Waals surface area contributed by atoms with Gasteiger partial charge in [-0.3, -0.25) is 0 Å². The number of carbonyl (C=O) groups is 1. The Labute approximate surface area is 181 Å². The van der Waals surface area contributed by atoms with Gasteiger partial charge in [-0.1, -0.05) is 0 Å². The number of ether oxygens (including phenoxy) is 2. The number of alkyl carbamates (subject to hydrolysis) is 1. The summed E-state index contributed by atoms with van der Waals surface area (Å²) in [4.78, 5) is 15.1. The number of halogens is 3. The van der Waals surface area contributed by atoms with Crippen LogP contribution in [0.2, 0.25) is 0 Å². The number of aliphatic hydroxyl groups is 1. The lowest BCUT2D eigenvalue weighted by Gasteiger charge is -2.35. The maximum Gasteiger partial charge on any atom is 0.407 e. The summed E-state index contributed by atoms with van der Waals surface area (Å²) in [6, 6.07) is 7.34. The van der Waals surface area contributed by atoms with Crippen LogP contribution < -0.4 is 5.32 Å². The molecule has 0 spiro atoms. The monoisotopic (exact) mass is 446 g/mol. The third kappa shape index (κ3) is 3.82. The van der Waals surface area contributed by atoms with Crippen LogP contribution in [-0.4, -0.2) is 47.6 Å². The van der Waals surface area contributed by atoms with Crippen molar-refractivity contribution in [3.8, 4) is 11.3 Å². The molecule has 2 aromatic carbocycles. The largest absolute Gasteiger partial charge is 0.446 e. The van der Waals surface area contributed by atoms with Crippen LogP contribution in [0.3, 0.4) is 0 Å². The Balaban J connectivity index is 1.37. The number of hydrogen-bond acceptors (Lipinski definition) is 4. The first-order valence-electron chi connectivity index (χ1n) is 10.4. The number of amides is 1. The summed E-state index contributed by atoms with van der Waals surface area (Å²) in [5, 5.41) is 12.7. The van der Waals surface area contributed by atoms with Crippen LogP contribution in [0.25, 0.3) is 22.2 Å². The highest BCUT2D eigenvalue weighted by Gasteiger charge is 2.38. The summed E-state index contributed by atoms with van der Waals surface area (Å²) in [6.45, 7) is 0.382. The van der Waals surface area contributed by atoms with Crippen molar-refractivity contribution in [1.29, 1.82) is 0 Å². The second-order valence-corrected chi connectivity index (χ2v) is 8.28. The number of aromatic nitrogens is 1. The molecule has 1 aromatic heterocycles. The minimum atomic E-state index is -0.772. The predicted octanol–water partition coefficient (Wildman–Crippen LogP) is 3.98. The van der Waals surface area contributed by atoms with E-state index in [0.717, 1.165) is 6.07 Å². The Morgan fingerprint density at radius 2 is 1.84 bits per heavy atom. The zero-order valence-electron chi connectivity index (χ0n) is 16.9. The molecule has 6 nitrogen and oxygen atoms in total. The van der Waals surface area contributed by atoms with Gasteiger partial charge in [0.2, 0.25) is 0 Å². The van der Waals surface area contributed by atoms with Crippen LogP contribution in [0, 0.1) is 17.5 Å². The van der Waals surface area contributed by atoms with Crippen molar-refractivity contribution in [1.82, 2.24) is 10.3 Å². The minimum absolute atomic E-state index is 0.108. The lowest BCUT2D eigenvalue weighted by Crippen LogP contribution is -2.45. The molecule has 2 aliphatic rings. The van der Waals surface area contributed by atoms with Crippen molar-refractivity contribution >= 4 is 17.0 Å². The van der Waals surface area contributed by atoms with Crippen LogP contribution in [0.5, 0.6) is 0 Å². The van der Waals surface area contributed by atoms with Crippen LogP contribution in [-0.2, 0) is 9.47 Å². The van der Waals surface area contributed by atoms with Crippen molar-refractivity contribution in [3.63, 3.8) is 0 Å². The quantitative estimate of drug-likeness (QED) is 0.566. The Bertz CT molecular complexity index is 1160. The molecule has 2 atom stereocenters. The van der Waals surface area contributed by atoms with E-state index in [-0.39, 0.29) is 30.8 Å². The number of rotatable bonds is 4. The van der Waals surface area contributed by atoms with E-state index >= 15 is 0 Å². The van der Waals surface area contributed by atoms with E-state index in [4.69, 9.17) is 9.47 Å². The highest BCUT2D eigenvalue weighted by molar-refractivity contribution is 5.92. The van der Waals surface area contributed by atoms with Gasteiger partial charge in [-0.2, -0.15) is 0 Å². The molecule has 9 heteroatoms. The first-order valence-corrected chi connectivity index (χ1v) is 10.4. The first kappa shape index (κ1) is 20.8. The van der Waals surface area contributed by atoms with Gasteiger partial charge in [-0.25, -0.2) is 18.0 Å². The fourth-order valence-electron chi connectivity index (χ4n) is 4.42. The van der Waals surface area contributed by atoms with Crippen molar-refractivity contribution in [2.45, 2.75) is 37.0 Å². The third-order valence-corrected chi connectivity index (χ3v) is 6.13. The molecule has 2 heterocycles. The molecule has 1 saturated heterocycles. The normalized spacial score (nSPS) is 25.0. The average molecular weight is 446 g/mol. The van der Waals surface area contributed by atoms with Crippen molar-refractivity contribution in [2.24, 2.45) is 0 Å². The van der Waals surface area contributed by atoms with Gasteiger partial charge in [-0.15, -0.1) is 0 Å². The number of H-pyrrole nitrogens is 1. The maximum absolute atomic E-state index is 14.4. The molecule has 1 saturated carbocycles. The smallest absolute Gasteiger partial charge is 0.407 e. The number of carbonyl (C=O) groups excluding carboxylic acids is 1. The van der Waals surface area contributed by atoms with E-state index in [1.54, 1.807) is 12.1 Å². The number of nitrogens with one attached hydrogen (secondary N) is 2. The van der Waals surface area contributed by atoms with Crippen LogP contribution in [0.1, 0.15) is 24.3 Å². The molecule has 5 rings (SSSR count). The molecule has 0 unspecified atom stereocenters. The zero-order valence-corrected chi connectivity index (χ0v) is 16.9. The van der Waals surface area contributed by atoms with Crippen LogP contribution in [0.15, 0.2) is 36.4 Å². The summed E-state index contributed by atoms with van der Waals surface area (Å²) in [5.41, 5.74) is 2.13. The zero-order chi connectivity index (χ0) is 22.4. The molecule has 2 fully saturated rings. The summed E-state index contributed by atoms with van der Waals surface area (Å²) in [5.74, 6) is -1.91. The Hall–Kier alpha value is -3.04. The van der Waals surface area contributed by atoms with Gasteiger partial charge in [0.15, 0.2) is 0 Å². The SMILES string of the molecule is O=C(N[C@H]1COC[C@@H]1O)OC1CC(c2c(-c3ccc(F)cc3)[nH]c3c(F)cc(F)cc23)C1. The molecule has 168 valence electrons. The van der Waals surface area contributed by atoms with E-state index in [1.807, 2.05) is 0 Å². The predicted molar refractivity (Wildman–Crippen MR) is 110 cm³/mol. The second-order valence-electron chi connectivity index (χ2n) is 8.28. The van der Waals surface area contributed by atoms with E-state index in [2.05, 4.69) is 10.3 Å². The van der Waals surface area contributed by atoms with Gasteiger partial charge in [0.05, 0.1) is 36.6 Å². The average Bonchev–Trinajstić information content (AvgIpc) is 3.29. The Morgan fingerprint density at radius 1 is 1.09 bits per heavy atom. The maximum atomic E-state index is 14.4. The van der Waals surface area contributed by atoms with Crippen molar-refractivity contribution in [3.05, 3.63) is 59.4 Å². The lowest BCUT2D eigenvalue weighted by molar-refractivity contribution is 0.0349. The number of fused-ring (bicyclic) bond motifs is 1. The van der Waals surface area contributed by atoms with Crippen LogP contribution in [0.4, 0.5) is 18.0 Å². The highest BCUT2D eigenvalue weighted by Crippen LogP contribution is 2.46. The number of benzene rings is 2. The highest BCUT2D eigenvalue weighted by atomic mass is 19.1. The first-order chi connectivity index (χ1) is 15.4. The number of aromatic amines is 1. The molecule has 32 heavy (non-hydrogen) atoms. The molecule has 1 aliphatic heterocycles. The number of hydrogen-bond donors (Lipinski definition) is 3. The summed E-state index contributed by atoms with van der Waals surface area (Å²) >= 11 is 0. The van der Waals surface area contributed by atoms with Crippen LogP contribution >= 0.6 is 0 Å². The van der Waals surface area contributed by atoms with Gasteiger partial charge in [-0.05, 0) is 60.2 Å². The van der Waals surface area contributed by atoms with E-state index in [9.17, 15) is 23.1 Å². The van der Waals surface area contributed by atoms with E-state index in [0.29, 0.717) is 35.0 Å². The molecular formula is C23H21F3N2O4. The summed E-state index contributed by atoms with van der Waals surface area (Å²) in [7, 11) is 0. The fourth-order valence-corrected chi connectivity index (χ4v) is 4.42. The fraction of sp³-hybridized carbons (Fsp3) is 0.348. The van der Waals surface area contributed by atoms with Crippen molar-refractivity contribution in [2.75, 3.05) is 13.2 Å². The van der Waals surface area contributed by atoms with E-state index in [1.165, 1.54) is 18.2 Å². The van der Waals surface area contributed by atoms with Gasteiger partial charge >= 0.3 is 6.09 Å². The molecular weight excluding hydrogens is 425 g/mol. The Morgan fingerprint density at radius 3 is 2.53 bits per heavy atom. The molecule has 0 radical (unpaired) electrons. The minimum Gasteiger partial charge on any atom is -0.446 e. The van der Waals surface area contributed by atoms with Gasteiger partial charge in [0.1, 0.15) is 23.6 Å². The van der Waals surface area contributed by atoms with Gasteiger partial charge < -0.3 is 24.9 Å². The van der Waals surface area contributed by atoms with Gasteiger partial charge in [0, 0.05) is 11.5 Å². The standard InChI is InChI=1S/C23H21F3N2O4/c24-13-3-1-11(2-4-13)21-20(16-7-14(25)8-17(26)22(16)28-21)12-5-15(6-12)32-23(30)27-18-9-31-10-19(18)29/h1-4,7-8,12,15,18-19,28-29H,5-6,9-10H2,(H,27,30)/t12?,15?,18-,19-/m0/s1. The van der Waals surface area contributed by atoms with E-state index < -0.39 is 35.7 Å². The third-order valence-electron chi connectivity index (χ3n) is 6.13. The summed E-state index contributed by atoms with van der Waals surface area (Å²) in [6.07, 6.45) is -0.847. The second kappa shape index (κ2) is 8.14. The molecule has 3 aromatic rings. The molecule has 3 N–H and O–H groups in total. The molecule has 1 amide bonds. The lowest BCUT2D eigenvalue weighted by atomic mass is 9.75. The number of aliphatic hydroxyl groups excluding tert-OH is 1. The summed E-state index contributed by atoms with van der Waals surface area (Å²) < 4.78 is 52.4. The topological polar surface area (TPSA) is 83.6 Å².